The first-order chi connectivity index (χ1) is 9.22. The van der Waals surface area contributed by atoms with E-state index in [1.807, 2.05) is 4.90 Å². The molecule has 0 aliphatic carbocycles. The second-order valence-corrected chi connectivity index (χ2v) is 5.34. The Morgan fingerprint density at radius 1 is 1.47 bits per heavy atom. The lowest BCUT2D eigenvalue weighted by Crippen LogP contribution is -2.32. The summed E-state index contributed by atoms with van der Waals surface area (Å²) in [6.07, 6.45) is 2.09. The SMILES string of the molecule is COc1cccc(C(=O)N2CCC3(CCOC3)C2)n1. The average molecular weight is 262 g/mol. The van der Waals surface area contributed by atoms with Crippen LogP contribution in [0.3, 0.4) is 0 Å². The second kappa shape index (κ2) is 4.81. The topological polar surface area (TPSA) is 51.7 Å². The Morgan fingerprint density at radius 2 is 2.37 bits per heavy atom. The van der Waals surface area contributed by atoms with Crippen molar-refractivity contribution in [3.63, 3.8) is 0 Å². The van der Waals surface area contributed by atoms with Crippen molar-refractivity contribution in [2.24, 2.45) is 5.41 Å². The van der Waals surface area contributed by atoms with Crippen LogP contribution in [0.4, 0.5) is 0 Å². The molecular formula is C14H18N2O3. The van der Waals surface area contributed by atoms with E-state index in [1.54, 1.807) is 25.3 Å². The molecule has 2 fully saturated rings. The van der Waals surface area contributed by atoms with Gasteiger partial charge in [-0.25, -0.2) is 4.98 Å². The number of carbonyl (C=O) groups excluding carboxylic acids is 1. The molecule has 1 atom stereocenters. The zero-order valence-electron chi connectivity index (χ0n) is 11.1. The smallest absolute Gasteiger partial charge is 0.272 e. The predicted molar refractivity (Wildman–Crippen MR) is 69.2 cm³/mol. The van der Waals surface area contributed by atoms with Gasteiger partial charge in [0, 0.05) is 31.2 Å². The van der Waals surface area contributed by atoms with E-state index in [4.69, 9.17) is 9.47 Å². The van der Waals surface area contributed by atoms with Gasteiger partial charge < -0.3 is 14.4 Å². The molecule has 5 nitrogen and oxygen atoms in total. The molecule has 3 rings (SSSR count). The van der Waals surface area contributed by atoms with Gasteiger partial charge in [0.1, 0.15) is 5.69 Å². The molecule has 1 aromatic heterocycles. The first-order valence-electron chi connectivity index (χ1n) is 6.61. The van der Waals surface area contributed by atoms with Crippen LogP contribution in [0.25, 0.3) is 0 Å². The average Bonchev–Trinajstić information content (AvgIpc) is 3.09. The lowest BCUT2D eigenvalue weighted by Gasteiger charge is -2.21. The fraction of sp³-hybridized carbons (Fsp3) is 0.571. The molecule has 0 bridgehead atoms. The molecule has 0 aromatic carbocycles. The van der Waals surface area contributed by atoms with Gasteiger partial charge in [-0.05, 0) is 18.9 Å². The van der Waals surface area contributed by atoms with Crippen molar-refractivity contribution in [2.45, 2.75) is 12.8 Å². The van der Waals surface area contributed by atoms with Gasteiger partial charge in [0.2, 0.25) is 5.88 Å². The fourth-order valence-electron chi connectivity index (χ4n) is 2.89. The van der Waals surface area contributed by atoms with Crippen LogP contribution in [-0.4, -0.2) is 49.2 Å². The minimum atomic E-state index is -0.0114. The van der Waals surface area contributed by atoms with Crippen LogP contribution in [0.15, 0.2) is 18.2 Å². The Balaban J connectivity index is 1.74. The Hall–Kier alpha value is -1.62. The molecule has 1 spiro atoms. The number of methoxy groups -OCH3 is 1. The predicted octanol–water partition coefficient (Wildman–Crippen LogP) is 1.34. The summed E-state index contributed by atoms with van der Waals surface area (Å²) in [5.41, 5.74) is 0.643. The number of likely N-dealkylation sites (tertiary alicyclic amines) is 1. The van der Waals surface area contributed by atoms with Crippen molar-refractivity contribution in [1.29, 1.82) is 0 Å². The lowest BCUT2D eigenvalue weighted by atomic mass is 9.87. The number of pyridine rings is 1. The van der Waals surface area contributed by atoms with Crippen LogP contribution in [-0.2, 0) is 4.74 Å². The number of nitrogens with zero attached hydrogens (tertiary/aromatic N) is 2. The maximum absolute atomic E-state index is 12.4. The number of rotatable bonds is 2. The molecule has 3 heterocycles. The number of amides is 1. The summed E-state index contributed by atoms with van der Waals surface area (Å²) in [6, 6.07) is 5.28. The van der Waals surface area contributed by atoms with Gasteiger partial charge in [-0.2, -0.15) is 0 Å². The molecule has 1 aromatic rings. The third-order valence-electron chi connectivity index (χ3n) is 4.06. The maximum Gasteiger partial charge on any atom is 0.272 e. The number of hydrogen-bond acceptors (Lipinski definition) is 4. The van der Waals surface area contributed by atoms with Gasteiger partial charge in [-0.3, -0.25) is 4.79 Å². The molecular weight excluding hydrogens is 244 g/mol. The first kappa shape index (κ1) is 12.4. The quantitative estimate of drug-likeness (QED) is 0.807. The fourth-order valence-corrected chi connectivity index (χ4v) is 2.89. The molecule has 0 radical (unpaired) electrons. The molecule has 102 valence electrons. The molecule has 1 unspecified atom stereocenters. The van der Waals surface area contributed by atoms with Crippen LogP contribution >= 0.6 is 0 Å². The molecule has 0 saturated carbocycles. The van der Waals surface area contributed by atoms with E-state index in [-0.39, 0.29) is 11.3 Å². The summed E-state index contributed by atoms with van der Waals surface area (Å²) >= 11 is 0. The first-order valence-corrected chi connectivity index (χ1v) is 6.61. The van der Waals surface area contributed by atoms with E-state index >= 15 is 0 Å². The molecule has 2 aliphatic rings. The minimum absolute atomic E-state index is 0.0114. The third kappa shape index (κ3) is 2.30. The maximum atomic E-state index is 12.4. The molecule has 1 amide bonds. The van der Waals surface area contributed by atoms with Crippen molar-refractivity contribution < 1.29 is 14.3 Å². The summed E-state index contributed by atoms with van der Waals surface area (Å²) in [7, 11) is 1.55. The van der Waals surface area contributed by atoms with Gasteiger partial charge in [0.25, 0.3) is 5.91 Å². The highest BCUT2D eigenvalue weighted by Crippen LogP contribution is 2.38. The monoisotopic (exact) mass is 262 g/mol. The van der Waals surface area contributed by atoms with Crippen LogP contribution in [0.5, 0.6) is 5.88 Å². The van der Waals surface area contributed by atoms with E-state index < -0.39 is 0 Å². The third-order valence-corrected chi connectivity index (χ3v) is 4.06. The zero-order chi connectivity index (χ0) is 13.3. The largest absolute Gasteiger partial charge is 0.481 e. The Morgan fingerprint density at radius 3 is 3.11 bits per heavy atom. The van der Waals surface area contributed by atoms with Gasteiger partial charge in [-0.1, -0.05) is 6.07 Å². The second-order valence-electron chi connectivity index (χ2n) is 5.34. The minimum Gasteiger partial charge on any atom is -0.481 e. The standard InChI is InChI=1S/C14H18N2O3/c1-18-12-4-2-3-11(15-12)13(17)16-7-5-14(9-16)6-8-19-10-14/h2-4H,5-10H2,1H3. The van der Waals surface area contributed by atoms with E-state index in [0.29, 0.717) is 11.6 Å². The Bertz CT molecular complexity index is 483. The summed E-state index contributed by atoms with van der Waals surface area (Å²) in [5.74, 6) is 0.464. The van der Waals surface area contributed by atoms with Gasteiger partial charge in [-0.15, -0.1) is 0 Å². The van der Waals surface area contributed by atoms with Crippen molar-refractivity contribution in [3.8, 4) is 5.88 Å². The molecule has 2 saturated heterocycles. The Labute approximate surface area is 112 Å². The highest BCUT2D eigenvalue weighted by atomic mass is 16.5. The molecule has 2 aliphatic heterocycles. The number of carbonyl (C=O) groups is 1. The van der Waals surface area contributed by atoms with E-state index in [0.717, 1.165) is 39.1 Å². The number of hydrogen-bond donors (Lipinski definition) is 0. The van der Waals surface area contributed by atoms with Crippen LogP contribution in [0, 0.1) is 5.41 Å². The summed E-state index contributed by atoms with van der Waals surface area (Å²) in [5, 5.41) is 0. The zero-order valence-corrected chi connectivity index (χ0v) is 11.1. The normalized spacial score (nSPS) is 26.1. The van der Waals surface area contributed by atoms with E-state index in [9.17, 15) is 4.79 Å². The molecule has 19 heavy (non-hydrogen) atoms. The highest BCUT2D eigenvalue weighted by Gasteiger charge is 2.43. The van der Waals surface area contributed by atoms with Crippen molar-refractivity contribution in [3.05, 3.63) is 23.9 Å². The van der Waals surface area contributed by atoms with E-state index in [1.165, 1.54) is 0 Å². The van der Waals surface area contributed by atoms with Gasteiger partial charge in [0.05, 0.1) is 13.7 Å². The van der Waals surface area contributed by atoms with Crippen molar-refractivity contribution in [1.82, 2.24) is 9.88 Å². The van der Waals surface area contributed by atoms with Crippen LogP contribution in [0.2, 0.25) is 0 Å². The number of aromatic nitrogens is 1. The highest BCUT2D eigenvalue weighted by molar-refractivity contribution is 5.92. The summed E-state index contributed by atoms with van der Waals surface area (Å²) in [6.45, 7) is 3.17. The summed E-state index contributed by atoms with van der Waals surface area (Å²) < 4.78 is 10.5. The van der Waals surface area contributed by atoms with Gasteiger partial charge >= 0.3 is 0 Å². The lowest BCUT2D eigenvalue weighted by molar-refractivity contribution is 0.0759. The van der Waals surface area contributed by atoms with Crippen LogP contribution in [0.1, 0.15) is 23.3 Å². The van der Waals surface area contributed by atoms with Crippen molar-refractivity contribution >= 4 is 5.91 Å². The van der Waals surface area contributed by atoms with Gasteiger partial charge in [0.15, 0.2) is 0 Å². The summed E-state index contributed by atoms with van der Waals surface area (Å²) in [4.78, 5) is 18.5. The molecule has 0 N–H and O–H groups in total. The number of ether oxygens (including phenoxy) is 2. The van der Waals surface area contributed by atoms with Crippen LogP contribution < -0.4 is 4.74 Å². The van der Waals surface area contributed by atoms with Crippen molar-refractivity contribution in [2.75, 3.05) is 33.4 Å². The Kier molecular flexibility index (Phi) is 3.14. The van der Waals surface area contributed by atoms with E-state index in [2.05, 4.69) is 4.98 Å². The molecule has 5 heteroatoms.